The highest BCUT2D eigenvalue weighted by Gasteiger charge is 2.20. The molecule has 0 radical (unpaired) electrons. The Kier molecular flexibility index (Phi) is 4.96. The van der Waals surface area contributed by atoms with Gasteiger partial charge in [0, 0.05) is 6.04 Å². The molecule has 0 saturated heterocycles. The van der Waals surface area contributed by atoms with Crippen LogP contribution in [-0.2, 0) is 22.4 Å². The molecular weight excluding hydrogens is 262 g/mol. The van der Waals surface area contributed by atoms with Crippen molar-refractivity contribution >= 4 is 10.0 Å². The Bertz CT molecular complexity index is 490. The fraction of sp³-hybridized carbons (Fsp3) is 0.571. The van der Waals surface area contributed by atoms with Gasteiger partial charge in [0.15, 0.2) is 0 Å². The lowest BCUT2D eigenvalue weighted by atomic mass is 9.96. The fourth-order valence-electron chi connectivity index (χ4n) is 2.48. The van der Waals surface area contributed by atoms with Gasteiger partial charge in [-0.3, -0.25) is 0 Å². The molecule has 0 aromatic heterocycles. The summed E-state index contributed by atoms with van der Waals surface area (Å²) in [5.74, 6) is 0.00914. The van der Waals surface area contributed by atoms with Gasteiger partial charge in [-0.05, 0) is 24.0 Å². The molecule has 0 atom stereocenters. The first kappa shape index (κ1) is 14.5. The van der Waals surface area contributed by atoms with Crippen LogP contribution in [0.25, 0.3) is 0 Å². The number of sulfonamides is 1. The van der Waals surface area contributed by atoms with Crippen LogP contribution in [0.2, 0.25) is 0 Å². The minimum atomic E-state index is -3.27. The Hall–Kier alpha value is -0.910. The summed E-state index contributed by atoms with van der Waals surface area (Å²) in [6.45, 7) is -0.0205. The van der Waals surface area contributed by atoms with Crippen LogP contribution in [0.4, 0.5) is 0 Å². The molecule has 4 nitrogen and oxygen atoms in total. The molecule has 1 aromatic carbocycles. The lowest BCUT2D eigenvalue weighted by Gasteiger charge is -2.22. The smallest absolute Gasteiger partial charge is 0.216 e. The van der Waals surface area contributed by atoms with Crippen molar-refractivity contribution in [2.45, 2.75) is 50.5 Å². The third-order valence-electron chi connectivity index (χ3n) is 3.51. The van der Waals surface area contributed by atoms with E-state index in [0.717, 1.165) is 36.8 Å². The number of hydrogen-bond donors (Lipinski definition) is 2. The van der Waals surface area contributed by atoms with E-state index < -0.39 is 10.0 Å². The second-order valence-corrected chi connectivity index (χ2v) is 6.94. The first-order chi connectivity index (χ1) is 9.09. The summed E-state index contributed by atoms with van der Waals surface area (Å²) in [6, 6.07) is 7.13. The van der Waals surface area contributed by atoms with Crippen LogP contribution in [0.5, 0.6) is 0 Å². The number of nitrogens with one attached hydrogen (secondary N) is 1. The molecule has 2 rings (SSSR count). The molecule has 1 aliphatic carbocycles. The molecule has 19 heavy (non-hydrogen) atoms. The van der Waals surface area contributed by atoms with Gasteiger partial charge in [0.05, 0.1) is 12.4 Å². The average molecular weight is 283 g/mol. The largest absolute Gasteiger partial charge is 0.392 e. The zero-order valence-corrected chi connectivity index (χ0v) is 11.8. The number of aliphatic hydroxyl groups excluding tert-OH is 1. The molecule has 0 heterocycles. The van der Waals surface area contributed by atoms with Crippen molar-refractivity contribution in [1.82, 2.24) is 4.72 Å². The van der Waals surface area contributed by atoms with Crippen molar-refractivity contribution in [2.24, 2.45) is 0 Å². The number of benzene rings is 1. The molecule has 1 saturated carbocycles. The quantitative estimate of drug-likeness (QED) is 0.867. The highest BCUT2D eigenvalue weighted by atomic mass is 32.2. The van der Waals surface area contributed by atoms with Crippen molar-refractivity contribution in [3.05, 3.63) is 35.4 Å². The molecule has 1 fully saturated rings. The molecular formula is C14H21NO3S. The Labute approximate surface area is 114 Å². The second-order valence-electron chi connectivity index (χ2n) is 5.19. The van der Waals surface area contributed by atoms with Gasteiger partial charge in [-0.2, -0.15) is 0 Å². The molecule has 0 unspecified atom stereocenters. The van der Waals surface area contributed by atoms with Gasteiger partial charge in [0.1, 0.15) is 0 Å². The zero-order chi connectivity index (χ0) is 13.7. The SMILES string of the molecule is O=S(=O)(Cc1ccc(CO)cc1)NC1CCCCC1. The van der Waals surface area contributed by atoms with Crippen molar-refractivity contribution in [3.63, 3.8) is 0 Å². The Balaban J connectivity index is 1.95. The Morgan fingerprint density at radius 2 is 1.63 bits per heavy atom. The molecule has 2 N–H and O–H groups in total. The standard InChI is InChI=1S/C14H21NO3S/c16-10-12-6-8-13(9-7-12)11-19(17,18)15-14-4-2-1-3-5-14/h6-9,14-16H,1-5,10-11H2. The van der Waals surface area contributed by atoms with E-state index in [-0.39, 0.29) is 18.4 Å². The van der Waals surface area contributed by atoms with Crippen LogP contribution in [-0.4, -0.2) is 19.6 Å². The van der Waals surface area contributed by atoms with Crippen molar-refractivity contribution in [2.75, 3.05) is 0 Å². The van der Waals surface area contributed by atoms with Crippen LogP contribution in [0, 0.1) is 0 Å². The van der Waals surface area contributed by atoms with E-state index in [9.17, 15) is 8.42 Å². The maximum Gasteiger partial charge on any atom is 0.216 e. The van der Waals surface area contributed by atoms with Crippen LogP contribution >= 0.6 is 0 Å². The third kappa shape index (κ3) is 4.60. The molecule has 0 spiro atoms. The van der Waals surface area contributed by atoms with Gasteiger partial charge < -0.3 is 5.11 Å². The molecule has 1 aliphatic rings. The van der Waals surface area contributed by atoms with Crippen LogP contribution in [0.1, 0.15) is 43.2 Å². The van der Waals surface area contributed by atoms with Gasteiger partial charge in [-0.15, -0.1) is 0 Å². The molecule has 0 amide bonds. The van der Waals surface area contributed by atoms with E-state index in [4.69, 9.17) is 5.11 Å². The van der Waals surface area contributed by atoms with Crippen LogP contribution in [0.15, 0.2) is 24.3 Å². The summed E-state index contributed by atoms with van der Waals surface area (Å²) < 4.78 is 26.9. The van der Waals surface area contributed by atoms with E-state index >= 15 is 0 Å². The predicted molar refractivity (Wildman–Crippen MR) is 75.0 cm³/mol. The molecule has 0 bridgehead atoms. The van der Waals surface area contributed by atoms with Crippen molar-refractivity contribution in [1.29, 1.82) is 0 Å². The first-order valence-electron chi connectivity index (χ1n) is 6.78. The highest BCUT2D eigenvalue weighted by Crippen LogP contribution is 2.19. The number of aliphatic hydroxyl groups is 1. The van der Waals surface area contributed by atoms with E-state index in [1.807, 2.05) is 0 Å². The van der Waals surface area contributed by atoms with Crippen molar-refractivity contribution < 1.29 is 13.5 Å². The van der Waals surface area contributed by atoms with E-state index in [0.29, 0.717) is 0 Å². The summed E-state index contributed by atoms with van der Waals surface area (Å²) in [5, 5.41) is 8.95. The molecule has 106 valence electrons. The van der Waals surface area contributed by atoms with E-state index in [1.165, 1.54) is 6.42 Å². The van der Waals surface area contributed by atoms with Crippen molar-refractivity contribution in [3.8, 4) is 0 Å². The summed E-state index contributed by atoms with van der Waals surface area (Å²) in [4.78, 5) is 0. The third-order valence-corrected chi connectivity index (χ3v) is 4.92. The zero-order valence-electron chi connectivity index (χ0n) is 11.0. The minimum Gasteiger partial charge on any atom is -0.392 e. The van der Waals surface area contributed by atoms with Crippen LogP contribution in [0.3, 0.4) is 0 Å². The average Bonchev–Trinajstić information content (AvgIpc) is 2.39. The fourth-order valence-corrected chi connectivity index (χ4v) is 3.93. The summed E-state index contributed by atoms with van der Waals surface area (Å²) in [6.07, 6.45) is 5.32. The summed E-state index contributed by atoms with van der Waals surface area (Å²) in [5.41, 5.74) is 1.54. The van der Waals surface area contributed by atoms with Crippen LogP contribution < -0.4 is 4.72 Å². The second kappa shape index (κ2) is 6.50. The summed E-state index contributed by atoms with van der Waals surface area (Å²) >= 11 is 0. The predicted octanol–water partition coefficient (Wildman–Crippen LogP) is 1.93. The van der Waals surface area contributed by atoms with Gasteiger partial charge in [-0.1, -0.05) is 43.5 Å². The first-order valence-corrected chi connectivity index (χ1v) is 8.43. The Morgan fingerprint density at radius 3 is 2.21 bits per heavy atom. The molecule has 5 heteroatoms. The number of hydrogen-bond acceptors (Lipinski definition) is 3. The lowest BCUT2D eigenvalue weighted by molar-refractivity contribution is 0.282. The minimum absolute atomic E-state index is 0.00914. The molecule has 0 aliphatic heterocycles. The monoisotopic (exact) mass is 283 g/mol. The van der Waals surface area contributed by atoms with E-state index in [2.05, 4.69) is 4.72 Å². The van der Waals surface area contributed by atoms with Gasteiger partial charge in [0.2, 0.25) is 10.0 Å². The summed E-state index contributed by atoms with van der Waals surface area (Å²) in [7, 11) is -3.27. The maximum atomic E-state index is 12.1. The maximum absolute atomic E-state index is 12.1. The van der Waals surface area contributed by atoms with Gasteiger partial charge in [0.25, 0.3) is 0 Å². The topological polar surface area (TPSA) is 66.4 Å². The van der Waals surface area contributed by atoms with E-state index in [1.54, 1.807) is 24.3 Å². The Morgan fingerprint density at radius 1 is 1.05 bits per heavy atom. The van der Waals surface area contributed by atoms with Gasteiger partial charge in [-0.25, -0.2) is 13.1 Å². The lowest BCUT2D eigenvalue weighted by Crippen LogP contribution is -2.36. The molecule has 1 aromatic rings. The highest BCUT2D eigenvalue weighted by molar-refractivity contribution is 7.88. The number of rotatable bonds is 5. The van der Waals surface area contributed by atoms with Gasteiger partial charge >= 0.3 is 0 Å². The normalized spacial score (nSPS) is 17.5.